The summed E-state index contributed by atoms with van der Waals surface area (Å²) in [6.45, 7) is 9.57. The number of ketones is 1. The average Bonchev–Trinajstić information content (AvgIpc) is 3.41. The molecule has 2 saturated carbocycles. The predicted molar refractivity (Wildman–Crippen MR) is 111 cm³/mol. The van der Waals surface area contributed by atoms with Gasteiger partial charge in [0.25, 0.3) is 0 Å². The first-order valence-corrected chi connectivity index (χ1v) is 12.1. The number of hydrogen-bond acceptors (Lipinski definition) is 5. The van der Waals surface area contributed by atoms with E-state index in [0.717, 1.165) is 44.9 Å². The maximum atomic E-state index is 13.8. The molecular formula is C25H36O5. The minimum atomic E-state index is -0.530. The predicted octanol–water partition coefficient (Wildman–Crippen LogP) is 4.39. The lowest BCUT2D eigenvalue weighted by molar-refractivity contribution is -0.209. The van der Waals surface area contributed by atoms with Crippen LogP contribution < -0.4 is 0 Å². The Bertz CT molecular complexity index is 789. The molecule has 0 aromatic carbocycles. The highest BCUT2D eigenvalue weighted by atomic mass is 16.7. The van der Waals surface area contributed by atoms with Gasteiger partial charge in [0.05, 0.1) is 26.4 Å². The maximum Gasteiger partial charge on any atom is 0.169 e. The monoisotopic (exact) mass is 416 g/mol. The minimum Gasteiger partial charge on any atom is -0.348 e. The summed E-state index contributed by atoms with van der Waals surface area (Å²) < 4.78 is 24.3. The average molecular weight is 417 g/mol. The highest BCUT2D eigenvalue weighted by molar-refractivity contribution is 5.99. The van der Waals surface area contributed by atoms with E-state index in [-0.39, 0.29) is 22.5 Å². The molecule has 2 heterocycles. The van der Waals surface area contributed by atoms with Crippen LogP contribution >= 0.6 is 0 Å². The molecule has 4 aliphatic carbocycles. The SMILES string of the molecule is CC1(C2CCC3C4=C(C(=O)CC32C)C2(C)CCC3(CC2CC4)OCCO3)OCCO1. The van der Waals surface area contributed by atoms with E-state index in [4.69, 9.17) is 18.9 Å². The molecule has 30 heavy (non-hydrogen) atoms. The van der Waals surface area contributed by atoms with E-state index in [0.29, 0.717) is 50.5 Å². The van der Waals surface area contributed by atoms with Gasteiger partial charge in [-0.2, -0.15) is 0 Å². The van der Waals surface area contributed by atoms with Crippen LogP contribution in [0.2, 0.25) is 0 Å². The van der Waals surface area contributed by atoms with Crippen molar-refractivity contribution in [3.05, 3.63) is 11.1 Å². The van der Waals surface area contributed by atoms with Crippen LogP contribution in [0.25, 0.3) is 0 Å². The first-order valence-electron chi connectivity index (χ1n) is 12.1. The van der Waals surface area contributed by atoms with E-state index in [1.165, 1.54) is 11.1 Å². The number of rotatable bonds is 1. The van der Waals surface area contributed by atoms with E-state index >= 15 is 0 Å². The molecule has 4 fully saturated rings. The van der Waals surface area contributed by atoms with Gasteiger partial charge in [0.15, 0.2) is 17.4 Å². The van der Waals surface area contributed by atoms with Crippen molar-refractivity contribution in [1.29, 1.82) is 0 Å². The molecule has 2 saturated heterocycles. The van der Waals surface area contributed by atoms with Crippen molar-refractivity contribution in [1.82, 2.24) is 0 Å². The summed E-state index contributed by atoms with van der Waals surface area (Å²) in [6, 6.07) is 0. The Morgan fingerprint density at radius 2 is 1.57 bits per heavy atom. The third-order valence-corrected chi connectivity index (χ3v) is 10.0. The van der Waals surface area contributed by atoms with E-state index < -0.39 is 5.79 Å². The Labute approximate surface area is 179 Å². The summed E-state index contributed by atoms with van der Waals surface area (Å²) in [5.41, 5.74) is 2.62. The van der Waals surface area contributed by atoms with Crippen LogP contribution in [-0.4, -0.2) is 43.8 Å². The summed E-state index contributed by atoms with van der Waals surface area (Å²) >= 11 is 0. The topological polar surface area (TPSA) is 54.0 Å². The zero-order valence-corrected chi connectivity index (χ0v) is 18.8. The number of carbonyl (C=O) groups is 1. The van der Waals surface area contributed by atoms with Crippen LogP contribution in [0.15, 0.2) is 11.1 Å². The number of hydrogen-bond donors (Lipinski definition) is 0. The molecule has 6 rings (SSSR count). The van der Waals surface area contributed by atoms with Crippen LogP contribution in [0, 0.1) is 28.6 Å². The van der Waals surface area contributed by atoms with E-state index in [2.05, 4.69) is 20.8 Å². The van der Waals surface area contributed by atoms with Crippen molar-refractivity contribution >= 4 is 5.78 Å². The van der Waals surface area contributed by atoms with Crippen molar-refractivity contribution < 1.29 is 23.7 Å². The van der Waals surface area contributed by atoms with Crippen molar-refractivity contribution in [2.75, 3.05) is 26.4 Å². The van der Waals surface area contributed by atoms with Gasteiger partial charge in [-0.1, -0.05) is 19.4 Å². The van der Waals surface area contributed by atoms with Gasteiger partial charge >= 0.3 is 0 Å². The Hall–Kier alpha value is -0.750. The van der Waals surface area contributed by atoms with Crippen LogP contribution in [-0.2, 0) is 23.7 Å². The van der Waals surface area contributed by atoms with E-state index in [9.17, 15) is 4.79 Å². The fraction of sp³-hybridized carbons (Fsp3) is 0.880. The molecule has 1 spiro atoms. The smallest absolute Gasteiger partial charge is 0.169 e. The van der Waals surface area contributed by atoms with Gasteiger partial charge in [-0.15, -0.1) is 0 Å². The van der Waals surface area contributed by atoms with Gasteiger partial charge in [0.1, 0.15) is 0 Å². The largest absolute Gasteiger partial charge is 0.348 e. The zero-order valence-electron chi connectivity index (χ0n) is 18.8. The summed E-state index contributed by atoms with van der Waals surface area (Å²) in [6.07, 6.45) is 7.95. The molecule has 0 aromatic rings. The molecule has 0 radical (unpaired) electrons. The molecule has 6 aliphatic rings. The van der Waals surface area contributed by atoms with Gasteiger partial charge in [-0.25, -0.2) is 0 Å². The van der Waals surface area contributed by atoms with Crippen LogP contribution in [0.3, 0.4) is 0 Å². The Morgan fingerprint density at radius 1 is 0.867 bits per heavy atom. The number of allylic oxidation sites excluding steroid dienone is 2. The second-order valence-corrected chi connectivity index (χ2v) is 11.4. The fourth-order valence-corrected chi connectivity index (χ4v) is 8.61. The molecule has 2 aliphatic heterocycles. The molecule has 0 amide bonds. The zero-order chi connectivity index (χ0) is 20.8. The first kappa shape index (κ1) is 19.9. The Morgan fingerprint density at radius 3 is 2.30 bits per heavy atom. The Kier molecular flexibility index (Phi) is 4.25. The fourth-order valence-electron chi connectivity index (χ4n) is 8.61. The summed E-state index contributed by atoms with van der Waals surface area (Å²) in [5.74, 6) is 0.750. The van der Waals surface area contributed by atoms with Crippen molar-refractivity contribution in [3.63, 3.8) is 0 Å². The van der Waals surface area contributed by atoms with E-state index in [1.807, 2.05) is 0 Å². The molecule has 0 N–H and O–H groups in total. The molecule has 0 bridgehead atoms. The number of carbonyl (C=O) groups excluding carboxylic acids is 1. The summed E-state index contributed by atoms with van der Waals surface area (Å²) in [7, 11) is 0. The molecule has 0 aromatic heterocycles. The molecule has 5 nitrogen and oxygen atoms in total. The maximum absolute atomic E-state index is 13.8. The Balaban J connectivity index is 1.35. The highest BCUT2D eigenvalue weighted by Gasteiger charge is 2.63. The molecule has 5 unspecified atom stereocenters. The third-order valence-electron chi connectivity index (χ3n) is 10.0. The third kappa shape index (κ3) is 2.52. The van der Waals surface area contributed by atoms with E-state index in [1.54, 1.807) is 0 Å². The van der Waals surface area contributed by atoms with Crippen LogP contribution in [0.4, 0.5) is 0 Å². The minimum absolute atomic E-state index is 0.0189. The number of fused-ring (bicyclic) bond motifs is 4. The summed E-state index contributed by atoms with van der Waals surface area (Å²) in [4.78, 5) is 13.8. The standard InChI is InChI=1S/C25H36O5/c1-22-8-9-25(29-12-13-30-25)14-16(22)4-5-17-18-6-7-20(24(3)27-10-11-28-24)23(18,2)15-19(26)21(17)22/h16,18,20H,4-15H2,1-3H3. The van der Waals surface area contributed by atoms with Crippen LogP contribution in [0.1, 0.15) is 72.1 Å². The lowest BCUT2D eigenvalue weighted by Crippen LogP contribution is -2.53. The van der Waals surface area contributed by atoms with Gasteiger partial charge in [0, 0.05) is 30.8 Å². The molecule has 166 valence electrons. The van der Waals surface area contributed by atoms with Gasteiger partial charge in [0.2, 0.25) is 0 Å². The highest BCUT2D eigenvalue weighted by Crippen LogP contribution is 2.66. The van der Waals surface area contributed by atoms with Crippen molar-refractivity contribution in [2.45, 2.75) is 83.7 Å². The van der Waals surface area contributed by atoms with Gasteiger partial charge < -0.3 is 18.9 Å². The second-order valence-electron chi connectivity index (χ2n) is 11.4. The van der Waals surface area contributed by atoms with Crippen LogP contribution in [0.5, 0.6) is 0 Å². The second kappa shape index (κ2) is 6.40. The van der Waals surface area contributed by atoms with Crippen molar-refractivity contribution in [3.8, 4) is 0 Å². The molecule has 5 atom stereocenters. The lowest BCUT2D eigenvalue weighted by atomic mass is 9.50. The first-order chi connectivity index (χ1) is 14.3. The quantitative estimate of drug-likeness (QED) is 0.634. The molecule has 5 heteroatoms. The lowest BCUT2D eigenvalue weighted by Gasteiger charge is -2.55. The van der Waals surface area contributed by atoms with Gasteiger partial charge in [-0.3, -0.25) is 4.79 Å². The van der Waals surface area contributed by atoms with Gasteiger partial charge in [-0.05, 0) is 61.7 Å². The number of ether oxygens (including phenoxy) is 4. The molecular weight excluding hydrogens is 380 g/mol. The normalized spacial score (nSPS) is 46.8. The number of Topliss-reactive ketones (excluding diaryl/α,β-unsaturated/α-hetero) is 1. The van der Waals surface area contributed by atoms with Crippen molar-refractivity contribution in [2.24, 2.45) is 28.6 Å². The summed E-state index contributed by atoms with van der Waals surface area (Å²) in [5, 5.41) is 0.